The number of hydrogen-bond donors (Lipinski definition) is 1. The third-order valence-corrected chi connectivity index (χ3v) is 4.35. The molecule has 0 spiro atoms. The molecule has 1 aliphatic rings. The van der Waals surface area contributed by atoms with Gasteiger partial charge in [-0.2, -0.15) is 0 Å². The van der Waals surface area contributed by atoms with Crippen LogP contribution in [-0.2, 0) is 0 Å². The minimum Gasteiger partial charge on any atom is -0.496 e. The van der Waals surface area contributed by atoms with Gasteiger partial charge in [-0.1, -0.05) is 26.0 Å². The van der Waals surface area contributed by atoms with Gasteiger partial charge in [-0.3, -0.25) is 0 Å². The predicted molar refractivity (Wildman–Crippen MR) is 71.5 cm³/mol. The highest BCUT2D eigenvalue weighted by molar-refractivity contribution is 5.46. The second-order valence-corrected chi connectivity index (χ2v) is 5.83. The highest BCUT2D eigenvalue weighted by Crippen LogP contribution is 2.64. The minimum atomic E-state index is 0.349. The van der Waals surface area contributed by atoms with E-state index in [4.69, 9.17) is 10.5 Å². The van der Waals surface area contributed by atoms with Crippen molar-refractivity contribution < 1.29 is 4.74 Å². The second-order valence-electron chi connectivity index (χ2n) is 5.83. The van der Waals surface area contributed by atoms with Crippen LogP contribution in [0.5, 0.6) is 5.75 Å². The fourth-order valence-corrected chi connectivity index (χ4v) is 3.33. The molecule has 1 fully saturated rings. The Morgan fingerprint density at radius 1 is 1.24 bits per heavy atom. The maximum Gasteiger partial charge on any atom is 0.124 e. The van der Waals surface area contributed by atoms with Crippen molar-refractivity contribution in [3.05, 3.63) is 28.8 Å². The first kappa shape index (κ1) is 12.4. The molecule has 2 heteroatoms. The van der Waals surface area contributed by atoms with Crippen molar-refractivity contribution in [2.24, 2.45) is 17.1 Å². The molecule has 0 aromatic heterocycles. The summed E-state index contributed by atoms with van der Waals surface area (Å²) >= 11 is 0. The first-order chi connectivity index (χ1) is 7.93. The molecule has 0 bridgehead atoms. The van der Waals surface area contributed by atoms with Crippen molar-refractivity contribution in [2.75, 3.05) is 13.7 Å². The summed E-state index contributed by atoms with van der Waals surface area (Å²) in [6.07, 6.45) is 0. The van der Waals surface area contributed by atoms with Gasteiger partial charge in [-0.05, 0) is 54.3 Å². The summed E-state index contributed by atoms with van der Waals surface area (Å²) in [5, 5.41) is 0. The van der Waals surface area contributed by atoms with Gasteiger partial charge in [0.05, 0.1) is 7.11 Å². The van der Waals surface area contributed by atoms with Crippen molar-refractivity contribution in [1.29, 1.82) is 0 Å². The van der Waals surface area contributed by atoms with Gasteiger partial charge in [-0.15, -0.1) is 0 Å². The van der Waals surface area contributed by atoms with Crippen molar-refractivity contribution >= 4 is 0 Å². The first-order valence-electron chi connectivity index (χ1n) is 6.28. The Morgan fingerprint density at radius 2 is 1.76 bits per heavy atom. The lowest BCUT2D eigenvalue weighted by atomic mass is 9.98. The lowest BCUT2D eigenvalue weighted by Gasteiger charge is -2.12. The molecular weight excluding hydrogens is 210 g/mol. The summed E-state index contributed by atoms with van der Waals surface area (Å²) in [5.74, 6) is 2.24. The van der Waals surface area contributed by atoms with Crippen LogP contribution in [-0.4, -0.2) is 13.7 Å². The van der Waals surface area contributed by atoms with Gasteiger partial charge >= 0.3 is 0 Å². The van der Waals surface area contributed by atoms with Crippen molar-refractivity contribution in [3.8, 4) is 5.75 Å². The first-order valence-corrected chi connectivity index (χ1v) is 6.28. The Kier molecular flexibility index (Phi) is 2.94. The minimum absolute atomic E-state index is 0.349. The van der Waals surface area contributed by atoms with E-state index in [1.807, 2.05) is 0 Å². The SMILES string of the molecule is COc1c(C)cc(C2C(CN)C2(C)C)cc1C. The van der Waals surface area contributed by atoms with E-state index < -0.39 is 0 Å². The van der Waals surface area contributed by atoms with Crippen LogP contribution in [0.4, 0.5) is 0 Å². The average molecular weight is 233 g/mol. The van der Waals surface area contributed by atoms with Crippen molar-refractivity contribution in [1.82, 2.24) is 0 Å². The standard InChI is InChI=1S/C15H23NO/c1-9-6-11(7-10(2)14(9)17-5)13-12(8-16)15(13,3)4/h6-7,12-13H,8,16H2,1-5H3. The lowest BCUT2D eigenvalue weighted by Crippen LogP contribution is -2.05. The van der Waals surface area contributed by atoms with Crippen LogP contribution in [0, 0.1) is 25.2 Å². The van der Waals surface area contributed by atoms with E-state index in [1.165, 1.54) is 16.7 Å². The third-order valence-electron chi connectivity index (χ3n) is 4.35. The van der Waals surface area contributed by atoms with Crippen LogP contribution in [0.25, 0.3) is 0 Å². The van der Waals surface area contributed by atoms with E-state index in [-0.39, 0.29) is 0 Å². The van der Waals surface area contributed by atoms with Gasteiger partial charge in [0.2, 0.25) is 0 Å². The zero-order valence-corrected chi connectivity index (χ0v) is 11.5. The highest BCUT2D eigenvalue weighted by Gasteiger charge is 2.57. The number of hydrogen-bond acceptors (Lipinski definition) is 2. The molecule has 94 valence electrons. The van der Waals surface area contributed by atoms with Gasteiger partial charge in [0.15, 0.2) is 0 Å². The van der Waals surface area contributed by atoms with Gasteiger partial charge in [-0.25, -0.2) is 0 Å². The number of rotatable bonds is 3. The zero-order valence-electron chi connectivity index (χ0n) is 11.5. The van der Waals surface area contributed by atoms with E-state index in [0.717, 1.165) is 12.3 Å². The fraction of sp³-hybridized carbons (Fsp3) is 0.600. The normalized spacial score (nSPS) is 25.8. The summed E-state index contributed by atoms with van der Waals surface area (Å²) < 4.78 is 5.41. The maximum absolute atomic E-state index is 5.84. The van der Waals surface area contributed by atoms with E-state index in [1.54, 1.807) is 7.11 Å². The monoisotopic (exact) mass is 233 g/mol. The molecular formula is C15H23NO. The van der Waals surface area contributed by atoms with Gasteiger partial charge in [0.25, 0.3) is 0 Å². The zero-order chi connectivity index (χ0) is 12.8. The van der Waals surface area contributed by atoms with Crippen LogP contribution in [0.3, 0.4) is 0 Å². The number of nitrogens with two attached hydrogens (primary N) is 1. The summed E-state index contributed by atoms with van der Waals surface area (Å²) in [7, 11) is 1.73. The van der Waals surface area contributed by atoms with E-state index >= 15 is 0 Å². The summed E-state index contributed by atoms with van der Waals surface area (Å²) in [5.41, 5.74) is 10.1. The van der Waals surface area contributed by atoms with Crippen LogP contribution >= 0.6 is 0 Å². The second kappa shape index (κ2) is 4.02. The Morgan fingerprint density at radius 3 is 2.12 bits per heavy atom. The number of methoxy groups -OCH3 is 1. The Bertz CT molecular complexity index is 414. The molecule has 2 unspecified atom stereocenters. The molecule has 17 heavy (non-hydrogen) atoms. The Labute approximate surface area is 104 Å². The Balaban J connectivity index is 2.37. The molecule has 0 radical (unpaired) electrons. The molecule has 1 saturated carbocycles. The quantitative estimate of drug-likeness (QED) is 0.871. The summed E-state index contributed by atoms with van der Waals surface area (Å²) in [4.78, 5) is 0. The number of aryl methyl sites for hydroxylation is 2. The van der Waals surface area contributed by atoms with E-state index in [2.05, 4.69) is 39.8 Å². The number of benzene rings is 1. The van der Waals surface area contributed by atoms with Gasteiger partial charge in [0.1, 0.15) is 5.75 Å². The topological polar surface area (TPSA) is 35.2 Å². The van der Waals surface area contributed by atoms with E-state index in [9.17, 15) is 0 Å². The summed E-state index contributed by atoms with van der Waals surface area (Å²) in [6, 6.07) is 4.52. The molecule has 1 aromatic carbocycles. The molecule has 2 atom stereocenters. The van der Waals surface area contributed by atoms with Gasteiger partial charge < -0.3 is 10.5 Å². The molecule has 2 N–H and O–H groups in total. The molecule has 0 heterocycles. The average Bonchev–Trinajstić information content (AvgIpc) is 2.79. The van der Waals surface area contributed by atoms with Crippen LogP contribution < -0.4 is 10.5 Å². The van der Waals surface area contributed by atoms with Crippen molar-refractivity contribution in [2.45, 2.75) is 33.6 Å². The molecule has 0 saturated heterocycles. The highest BCUT2D eigenvalue weighted by atomic mass is 16.5. The van der Waals surface area contributed by atoms with Gasteiger partial charge in [0, 0.05) is 0 Å². The smallest absolute Gasteiger partial charge is 0.124 e. The molecule has 2 nitrogen and oxygen atoms in total. The largest absolute Gasteiger partial charge is 0.496 e. The fourth-order valence-electron chi connectivity index (χ4n) is 3.33. The maximum atomic E-state index is 5.84. The molecule has 2 rings (SSSR count). The summed E-state index contributed by atoms with van der Waals surface area (Å²) in [6.45, 7) is 9.63. The van der Waals surface area contributed by atoms with Crippen LogP contribution in [0.2, 0.25) is 0 Å². The third kappa shape index (κ3) is 1.85. The molecule has 1 aromatic rings. The van der Waals surface area contributed by atoms with Crippen LogP contribution in [0.1, 0.15) is 36.5 Å². The number of ether oxygens (including phenoxy) is 1. The predicted octanol–water partition coefficient (Wildman–Crippen LogP) is 3.01. The molecule has 0 aliphatic heterocycles. The van der Waals surface area contributed by atoms with Crippen molar-refractivity contribution in [3.63, 3.8) is 0 Å². The van der Waals surface area contributed by atoms with Crippen LogP contribution in [0.15, 0.2) is 12.1 Å². The lowest BCUT2D eigenvalue weighted by molar-refractivity contribution is 0.408. The Hall–Kier alpha value is -1.02. The van der Waals surface area contributed by atoms with E-state index in [0.29, 0.717) is 17.3 Å². The molecule has 1 aliphatic carbocycles. The molecule has 0 amide bonds.